The van der Waals surface area contributed by atoms with Gasteiger partial charge >= 0.3 is 0 Å². The molecular weight excluding hydrogens is 222 g/mol. The van der Waals surface area contributed by atoms with Crippen LogP contribution in [-0.2, 0) is 4.74 Å². The van der Waals surface area contributed by atoms with Gasteiger partial charge in [0.25, 0.3) is 0 Å². The summed E-state index contributed by atoms with van der Waals surface area (Å²) in [5.41, 5.74) is 0. The van der Waals surface area contributed by atoms with E-state index >= 15 is 0 Å². The van der Waals surface area contributed by atoms with Gasteiger partial charge in [0.2, 0.25) is 5.88 Å². The van der Waals surface area contributed by atoms with E-state index in [-0.39, 0.29) is 12.7 Å². The molecule has 0 saturated carbocycles. The van der Waals surface area contributed by atoms with Gasteiger partial charge in [-0.05, 0) is 13.8 Å². The van der Waals surface area contributed by atoms with Gasteiger partial charge in [0.05, 0.1) is 25.9 Å². The molecule has 96 valence electrons. The molecule has 0 aromatic carbocycles. The molecule has 0 aliphatic heterocycles. The fourth-order valence-electron chi connectivity index (χ4n) is 1.16. The molecule has 0 bridgehead atoms. The van der Waals surface area contributed by atoms with Gasteiger partial charge in [-0.1, -0.05) is 0 Å². The average molecular weight is 241 g/mol. The smallest absolute Gasteiger partial charge is 0.218 e. The third-order valence-corrected chi connectivity index (χ3v) is 1.79. The standard InChI is InChI=1S/C11H19N3O3/c1-9(2)17-11-7-10(13-8-14-11)12-3-5-16-6-4-15/h7-9,15H,3-6H2,1-2H3,(H,12,13,14). The summed E-state index contributed by atoms with van der Waals surface area (Å²) in [7, 11) is 0. The summed E-state index contributed by atoms with van der Waals surface area (Å²) < 4.78 is 10.6. The molecule has 1 heterocycles. The first-order valence-electron chi connectivity index (χ1n) is 5.63. The first kappa shape index (κ1) is 13.7. The molecule has 0 fully saturated rings. The van der Waals surface area contributed by atoms with Crippen LogP contribution in [0.25, 0.3) is 0 Å². The van der Waals surface area contributed by atoms with Gasteiger partial charge in [0, 0.05) is 12.6 Å². The van der Waals surface area contributed by atoms with E-state index in [2.05, 4.69) is 15.3 Å². The van der Waals surface area contributed by atoms with Crippen molar-refractivity contribution in [2.75, 3.05) is 31.7 Å². The lowest BCUT2D eigenvalue weighted by Gasteiger charge is -2.10. The molecule has 2 N–H and O–H groups in total. The number of aromatic nitrogens is 2. The van der Waals surface area contributed by atoms with Crippen molar-refractivity contribution in [1.29, 1.82) is 0 Å². The number of ether oxygens (including phenoxy) is 2. The summed E-state index contributed by atoms with van der Waals surface area (Å²) in [6.45, 7) is 5.42. The Hall–Kier alpha value is -1.40. The van der Waals surface area contributed by atoms with Gasteiger partial charge in [-0.15, -0.1) is 0 Å². The third-order valence-electron chi connectivity index (χ3n) is 1.79. The van der Waals surface area contributed by atoms with E-state index in [4.69, 9.17) is 14.6 Å². The Bertz CT molecular complexity index is 321. The second-order valence-electron chi connectivity index (χ2n) is 3.67. The number of aliphatic hydroxyl groups is 1. The molecule has 1 rings (SSSR count). The summed E-state index contributed by atoms with van der Waals surface area (Å²) in [5, 5.41) is 11.6. The molecule has 0 aliphatic carbocycles. The second kappa shape index (κ2) is 7.81. The van der Waals surface area contributed by atoms with E-state index in [9.17, 15) is 0 Å². The molecule has 0 radical (unpaired) electrons. The van der Waals surface area contributed by atoms with Crippen molar-refractivity contribution in [2.45, 2.75) is 20.0 Å². The maximum atomic E-state index is 8.52. The Morgan fingerprint density at radius 1 is 1.35 bits per heavy atom. The molecule has 0 atom stereocenters. The van der Waals surface area contributed by atoms with Crippen LogP contribution in [0.3, 0.4) is 0 Å². The quantitative estimate of drug-likeness (QED) is 0.652. The predicted octanol–water partition coefficient (Wildman–Crippen LogP) is 0.685. The summed E-state index contributed by atoms with van der Waals surface area (Å²) in [4.78, 5) is 8.06. The van der Waals surface area contributed by atoms with Crippen molar-refractivity contribution in [2.24, 2.45) is 0 Å². The fraction of sp³-hybridized carbons (Fsp3) is 0.636. The van der Waals surface area contributed by atoms with Gasteiger partial charge in [0.1, 0.15) is 12.1 Å². The minimum atomic E-state index is 0.0416. The summed E-state index contributed by atoms with van der Waals surface area (Å²) >= 11 is 0. The highest BCUT2D eigenvalue weighted by Crippen LogP contribution is 2.11. The third kappa shape index (κ3) is 6.03. The van der Waals surface area contributed by atoms with E-state index in [0.29, 0.717) is 31.5 Å². The number of aliphatic hydroxyl groups excluding tert-OH is 1. The largest absolute Gasteiger partial charge is 0.475 e. The van der Waals surface area contributed by atoms with Crippen molar-refractivity contribution < 1.29 is 14.6 Å². The topological polar surface area (TPSA) is 76.5 Å². The molecule has 17 heavy (non-hydrogen) atoms. The molecule has 0 saturated heterocycles. The number of anilines is 1. The highest BCUT2D eigenvalue weighted by atomic mass is 16.5. The zero-order valence-corrected chi connectivity index (χ0v) is 10.2. The second-order valence-corrected chi connectivity index (χ2v) is 3.67. The molecule has 1 aromatic rings. The van der Waals surface area contributed by atoms with Crippen molar-refractivity contribution in [3.05, 3.63) is 12.4 Å². The van der Waals surface area contributed by atoms with Crippen LogP contribution in [0, 0.1) is 0 Å². The van der Waals surface area contributed by atoms with Crippen LogP contribution in [0.1, 0.15) is 13.8 Å². The van der Waals surface area contributed by atoms with Crippen LogP contribution >= 0.6 is 0 Å². The lowest BCUT2D eigenvalue weighted by Crippen LogP contribution is -2.13. The fourth-order valence-corrected chi connectivity index (χ4v) is 1.16. The van der Waals surface area contributed by atoms with E-state index < -0.39 is 0 Å². The Labute approximate surface area is 101 Å². The molecule has 6 heteroatoms. The summed E-state index contributed by atoms with van der Waals surface area (Å²) in [6, 6.07) is 1.74. The van der Waals surface area contributed by atoms with Gasteiger partial charge in [0.15, 0.2) is 0 Å². The number of nitrogens with zero attached hydrogens (tertiary/aromatic N) is 2. The number of hydrogen-bond donors (Lipinski definition) is 2. The van der Waals surface area contributed by atoms with E-state index in [0.717, 1.165) is 0 Å². The van der Waals surface area contributed by atoms with Crippen molar-refractivity contribution in [3.8, 4) is 5.88 Å². The molecule has 0 aliphatic rings. The number of rotatable bonds is 8. The van der Waals surface area contributed by atoms with Crippen molar-refractivity contribution >= 4 is 5.82 Å². The number of nitrogens with one attached hydrogen (secondary N) is 1. The Morgan fingerprint density at radius 2 is 2.18 bits per heavy atom. The molecule has 1 aromatic heterocycles. The zero-order valence-electron chi connectivity index (χ0n) is 10.2. The highest BCUT2D eigenvalue weighted by molar-refractivity contribution is 5.36. The maximum absolute atomic E-state index is 8.52. The van der Waals surface area contributed by atoms with Gasteiger partial charge < -0.3 is 19.9 Å². The molecular formula is C11H19N3O3. The summed E-state index contributed by atoms with van der Waals surface area (Å²) in [6.07, 6.45) is 1.54. The minimum absolute atomic E-state index is 0.0416. The highest BCUT2D eigenvalue weighted by Gasteiger charge is 2.01. The van der Waals surface area contributed by atoms with Crippen LogP contribution in [0.5, 0.6) is 5.88 Å². The maximum Gasteiger partial charge on any atom is 0.218 e. The molecule has 0 amide bonds. The predicted molar refractivity (Wildman–Crippen MR) is 64.2 cm³/mol. The van der Waals surface area contributed by atoms with Crippen molar-refractivity contribution in [3.63, 3.8) is 0 Å². The van der Waals surface area contributed by atoms with E-state index in [1.54, 1.807) is 6.07 Å². The zero-order chi connectivity index (χ0) is 12.5. The van der Waals surface area contributed by atoms with Crippen LogP contribution in [-0.4, -0.2) is 47.5 Å². The van der Waals surface area contributed by atoms with E-state index in [1.165, 1.54) is 6.33 Å². The SMILES string of the molecule is CC(C)Oc1cc(NCCOCCO)ncn1. The lowest BCUT2D eigenvalue weighted by atomic mass is 10.4. The monoisotopic (exact) mass is 241 g/mol. The first-order chi connectivity index (χ1) is 8.22. The molecule has 0 spiro atoms. The molecule has 0 unspecified atom stereocenters. The van der Waals surface area contributed by atoms with Crippen molar-refractivity contribution in [1.82, 2.24) is 9.97 Å². The van der Waals surface area contributed by atoms with Gasteiger partial charge in [-0.25, -0.2) is 9.97 Å². The summed E-state index contributed by atoms with van der Waals surface area (Å²) in [5.74, 6) is 1.25. The van der Waals surface area contributed by atoms with Crippen LogP contribution in [0.2, 0.25) is 0 Å². The van der Waals surface area contributed by atoms with E-state index in [1.807, 2.05) is 13.8 Å². The van der Waals surface area contributed by atoms with Crippen LogP contribution in [0.15, 0.2) is 12.4 Å². The minimum Gasteiger partial charge on any atom is -0.475 e. The Balaban J connectivity index is 2.32. The molecule has 6 nitrogen and oxygen atoms in total. The normalized spacial score (nSPS) is 10.6. The van der Waals surface area contributed by atoms with Gasteiger partial charge in [-0.2, -0.15) is 0 Å². The Kier molecular flexibility index (Phi) is 6.27. The number of hydrogen-bond acceptors (Lipinski definition) is 6. The lowest BCUT2D eigenvalue weighted by molar-refractivity contribution is 0.0992. The Morgan fingerprint density at radius 3 is 2.88 bits per heavy atom. The van der Waals surface area contributed by atoms with Crippen LogP contribution in [0.4, 0.5) is 5.82 Å². The average Bonchev–Trinajstić information content (AvgIpc) is 2.28. The van der Waals surface area contributed by atoms with Gasteiger partial charge in [-0.3, -0.25) is 0 Å². The van der Waals surface area contributed by atoms with Crippen LogP contribution < -0.4 is 10.1 Å². The first-order valence-corrected chi connectivity index (χ1v) is 5.63.